The van der Waals surface area contributed by atoms with Gasteiger partial charge in [-0.1, -0.05) is 418 Å². The zero-order valence-electron chi connectivity index (χ0n) is 61.6. The van der Waals surface area contributed by atoms with E-state index in [0.717, 1.165) is 38.5 Å². The second-order valence-electron chi connectivity index (χ2n) is 29.4. The third-order valence-electron chi connectivity index (χ3n) is 19.1. The number of esters is 2. The van der Waals surface area contributed by atoms with Crippen molar-refractivity contribution in [2.24, 2.45) is 0 Å². The molecule has 0 radical (unpaired) electrons. The number of likely N-dealkylation sites (N-methyl/N-ethyl adjacent to an activating group) is 1. The van der Waals surface area contributed by atoms with Gasteiger partial charge in [-0.2, -0.15) is 0 Å². The zero-order valence-corrected chi connectivity index (χ0v) is 61.6. The van der Waals surface area contributed by atoms with Crippen LogP contribution in [0.15, 0.2) is 0 Å². The van der Waals surface area contributed by atoms with Gasteiger partial charge in [0, 0.05) is 12.8 Å². The largest absolute Gasteiger partial charge is 0.545 e. The van der Waals surface area contributed by atoms with Crippen LogP contribution in [0.2, 0.25) is 0 Å². The van der Waals surface area contributed by atoms with Gasteiger partial charge in [0.2, 0.25) is 0 Å². The predicted molar refractivity (Wildman–Crippen MR) is 385 cm³/mol. The third kappa shape index (κ3) is 73.7. The first-order valence-electron chi connectivity index (χ1n) is 40.7. The van der Waals surface area contributed by atoms with Gasteiger partial charge in [0.15, 0.2) is 12.4 Å². The molecule has 2 atom stereocenters. The Morgan fingerprint density at radius 2 is 0.500 bits per heavy atom. The highest BCUT2D eigenvalue weighted by Gasteiger charge is 2.22. The molecule has 0 fully saturated rings. The van der Waals surface area contributed by atoms with Crippen molar-refractivity contribution in [3.63, 3.8) is 0 Å². The van der Waals surface area contributed by atoms with Crippen molar-refractivity contribution in [3.05, 3.63) is 0 Å². The molecule has 0 aliphatic rings. The summed E-state index contributed by atoms with van der Waals surface area (Å²) in [5, 5.41) is 11.9. The van der Waals surface area contributed by atoms with Crippen molar-refractivity contribution in [2.45, 2.75) is 456 Å². The Labute approximate surface area is 562 Å². The van der Waals surface area contributed by atoms with E-state index in [1.165, 1.54) is 379 Å². The second-order valence-corrected chi connectivity index (χ2v) is 29.4. The number of rotatable bonds is 78. The summed E-state index contributed by atoms with van der Waals surface area (Å²) in [7, 11) is 5.96. The Morgan fingerprint density at radius 3 is 0.711 bits per heavy atom. The molecule has 0 heterocycles. The van der Waals surface area contributed by atoms with Crippen molar-refractivity contribution in [3.8, 4) is 0 Å². The minimum absolute atomic E-state index is 0.154. The second kappa shape index (κ2) is 73.1. The lowest BCUT2D eigenvalue weighted by molar-refractivity contribution is -0.870. The van der Waals surface area contributed by atoms with E-state index < -0.39 is 24.3 Å². The summed E-state index contributed by atoms with van der Waals surface area (Å²) in [4.78, 5) is 37.6. The van der Waals surface area contributed by atoms with Crippen LogP contribution < -0.4 is 5.11 Å². The molecule has 9 heteroatoms. The average Bonchev–Trinajstić information content (AvgIpc) is 3.64. The number of quaternary nitrogens is 1. The smallest absolute Gasteiger partial charge is 0.306 e. The number of aliphatic carboxylic acids is 1. The summed E-state index contributed by atoms with van der Waals surface area (Å²) in [5.74, 6) is -2.24. The van der Waals surface area contributed by atoms with Crippen molar-refractivity contribution >= 4 is 17.9 Å². The van der Waals surface area contributed by atoms with Crippen molar-refractivity contribution in [1.82, 2.24) is 0 Å². The third-order valence-corrected chi connectivity index (χ3v) is 19.1. The summed E-state index contributed by atoms with van der Waals surface area (Å²) in [6.07, 6.45) is 86.7. The van der Waals surface area contributed by atoms with E-state index in [4.69, 9.17) is 18.9 Å². The van der Waals surface area contributed by atoms with Gasteiger partial charge >= 0.3 is 11.9 Å². The van der Waals surface area contributed by atoms with Crippen LogP contribution in [0.4, 0.5) is 0 Å². The Morgan fingerprint density at radius 1 is 0.289 bits per heavy atom. The molecular weight excluding hydrogens is 1110 g/mol. The van der Waals surface area contributed by atoms with Gasteiger partial charge in [0.1, 0.15) is 13.2 Å². The highest BCUT2D eigenvalue weighted by molar-refractivity contribution is 5.70. The maximum absolute atomic E-state index is 13.0. The van der Waals surface area contributed by atoms with Crippen LogP contribution in [-0.4, -0.2) is 82.3 Å². The SMILES string of the molecule is CCCCCCCCCCCCCCCCCCCCCCCCCCCCCCCCCCCCC(=O)OC(COC(=O)CCCCCCCCCCCCCCCCCCCCCCCCCCCCCCCCC)COC(OCC[N+](C)(C)C)C(=O)[O-]. The van der Waals surface area contributed by atoms with Crippen LogP contribution in [0.3, 0.4) is 0 Å². The number of carboxylic acids is 1. The minimum Gasteiger partial charge on any atom is -0.545 e. The lowest BCUT2D eigenvalue weighted by Gasteiger charge is -2.26. The molecule has 536 valence electrons. The van der Waals surface area contributed by atoms with Gasteiger partial charge in [0.25, 0.3) is 0 Å². The molecule has 0 aliphatic carbocycles. The standard InChI is InChI=1S/C81H159NO8/c1-6-8-10-12-14-16-18-20-22-24-26-28-30-32-34-36-38-39-40-42-44-46-48-50-52-54-56-58-60-62-64-66-68-70-72-79(84)90-77(76-89-81(80(85)86)87-74-73-82(3,4)5)75-88-78(83)71-69-67-65-63-61-59-57-55-53-51-49-47-45-43-41-37-35-33-31-29-27-25-23-21-19-17-15-13-11-9-7-2/h77,81H,6-76H2,1-5H3. The molecule has 0 spiro atoms. The minimum atomic E-state index is -1.62. The maximum Gasteiger partial charge on any atom is 0.306 e. The molecule has 0 aliphatic heterocycles. The van der Waals surface area contributed by atoms with Gasteiger partial charge in [-0.3, -0.25) is 9.59 Å². The number of carbonyl (C=O) groups is 3. The molecule has 0 rings (SSSR count). The maximum atomic E-state index is 13.0. The fourth-order valence-corrected chi connectivity index (χ4v) is 12.9. The van der Waals surface area contributed by atoms with E-state index in [1.54, 1.807) is 0 Å². The average molecular weight is 1280 g/mol. The summed E-state index contributed by atoms with van der Waals surface area (Å²) >= 11 is 0. The van der Waals surface area contributed by atoms with Crippen LogP contribution in [0.5, 0.6) is 0 Å². The van der Waals surface area contributed by atoms with Gasteiger partial charge < -0.3 is 33.3 Å². The molecule has 9 nitrogen and oxygen atoms in total. The van der Waals surface area contributed by atoms with Crippen molar-refractivity contribution in [1.29, 1.82) is 0 Å². The Bertz CT molecular complexity index is 1440. The summed E-state index contributed by atoms with van der Waals surface area (Å²) < 4.78 is 22.9. The molecule has 0 N–H and O–H groups in total. The number of nitrogens with zero attached hydrogens (tertiary/aromatic N) is 1. The Kier molecular flexibility index (Phi) is 71.7. The van der Waals surface area contributed by atoms with Crippen molar-refractivity contribution in [2.75, 3.05) is 47.5 Å². The van der Waals surface area contributed by atoms with E-state index in [2.05, 4.69) is 13.8 Å². The van der Waals surface area contributed by atoms with Gasteiger partial charge in [-0.25, -0.2) is 0 Å². The molecule has 0 bridgehead atoms. The van der Waals surface area contributed by atoms with Gasteiger partial charge in [-0.05, 0) is 12.8 Å². The Balaban J connectivity index is 3.94. The first-order chi connectivity index (χ1) is 44.1. The van der Waals surface area contributed by atoms with E-state index in [9.17, 15) is 19.5 Å². The van der Waals surface area contributed by atoms with Crippen LogP contribution in [0.1, 0.15) is 444 Å². The molecule has 2 unspecified atom stereocenters. The lowest BCUT2D eigenvalue weighted by atomic mass is 10.0. The molecule has 90 heavy (non-hydrogen) atoms. The molecule has 0 saturated heterocycles. The summed E-state index contributed by atoms with van der Waals surface area (Å²) in [5.41, 5.74) is 0. The van der Waals surface area contributed by atoms with E-state index in [1.807, 2.05) is 21.1 Å². The van der Waals surface area contributed by atoms with E-state index >= 15 is 0 Å². The Hall–Kier alpha value is -1.71. The highest BCUT2D eigenvalue weighted by atomic mass is 16.7. The number of unbranched alkanes of at least 4 members (excludes halogenated alkanes) is 63. The molecule has 0 aromatic carbocycles. The number of carbonyl (C=O) groups excluding carboxylic acids is 3. The fourth-order valence-electron chi connectivity index (χ4n) is 12.9. The van der Waals surface area contributed by atoms with Crippen molar-refractivity contribution < 1.29 is 42.9 Å². The fraction of sp³-hybridized carbons (Fsp3) is 0.963. The quantitative estimate of drug-likeness (QED) is 0.0256. The predicted octanol–water partition coefficient (Wildman–Crippen LogP) is 24.4. The number of ether oxygens (including phenoxy) is 4. The molecule has 0 aromatic heterocycles. The van der Waals surface area contributed by atoms with Crippen LogP contribution >= 0.6 is 0 Å². The van der Waals surface area contributed by atoms with Crippen LogP contribution in [-0.2, 0) is 33.3 Å². The summed E-state index contributed by atoms with van der Waals surface area (Å²) in [6.45, 7) is 4.86. The first-order valence-corrected chi connectivity index (χ1v) is 40.7. The molecular formula is C81H159NO8. The monoisotopic (exact) mass is 1270 g/mol. The zero-order chi connectivity index (χ0) is 65.4. The van der Waals surface area contributed by atoms with Gasteiger partial charge in [-0.15, -0.1) is 0 Å². The lowest BCUT2D eigenvalue weighted by Crippen LogP contribution is -2.44. The molecule has 0 aromatic rings. The molecule has 0 amide bonds. The highest BCUT2D eigenvalue weighted by Crippen LogP contribution is 2.21. The topological polar surface area (TPSA) is 111 Å². The van der Waals surface area contributed by atoms with E-state index in [0.29, 0.717) is 17.4 Å². The summed E-state index contributed by atoms with van der Waals surface area (Å²) in [6, 6.07) is 0. The van der Waals surface area contributed by atoms with E-state index in [-0.39, 0.29) is 32.2 Å². The van der Waals surface area contributed by atoms with Gasteiger partial charge in [0.05, 0.1) is 40.3 Å². The number of hydrogen-bond donors (Lipinski definition) is 0. The normalized spacial score (nSPS) is 12.5. The first kappa shape index (κ1) is 88.3. The molecule has 0 saturated carbocycles. The number of carboxylic acid groups (broad SMARTS) is 1. The van der Waals surface area contributed by atoms with Crippen LogP contribution in [0, 0.1) is 0 Å². The van der Waals surface area contributed by atoms with Crippen LogP contribution in [0.25, 0.3) is 0 Å². The number of hydrogen-bond acceptors (Lipinski definition) is 8.